The zero-order valence-corrected chi connectivity index (χ0v) is 15.9. The van der Waals surface area contributed by atoms with Crippen LogP contribution in [0.3, 0.4) is 0 Å². The summed E-state index contributed by atoms with van der Waals surface area (Å²) in [5.41, 5.74) is -0.774. The number of hydrogen-bond donors (Lipinski definition) is 0. The number of nitrogens with zero attached hydrogens (tertiary/aromatic N) is 3. The third-order valence-corrected chi connectivity index (χ3v) is 5.41. The normalized spacial score (nSPS) is 19.4. The van der Waals surface area contributed by atoms with Crippen LogP contribution in [-0.2, 0) is 11.0 Å². The zero-order valence-electron chi connectivity index (χ0n) is 15.9. The summed E-state index contributed by atoms with van der Waals surface area (Å²) in [6.07, 6.45) is -0.0427. The number of hydrogen-bond acceptors (Lipinski definition) is 3. The van der Waals surface area contributed by atoms with Crippen molar-refractivity contribution in [2.75, 3.05) is 45.8 Å². The number of carbonyl (C=O) groups excluding carboxylic acids is 2. The lowest BCUT2D eigenvalue weighted by Crippen LogP contribution is -2.51. The Morgan fingerprint density at radius 2 is 1.50 bits per heavy atom. The van der Waals surface area contributed by atoms with Crippen LogP contribution in [0.2, 0.25) is 0 Å². The molecule has 0 bridgehead atoms. The van der Waals surface area contributed by atoms with E-state index in [1.807, 2.05) is 9.80 Å². The third kappa shape index (κ3) is 5.25. The molecule has 8 heteroatoms. The molecular formula is C20H26F3N3O2. The Morgan fingerprint density at radius 1 is 0.857 bits per heavy atom. The highest BCUT2D eigenvalue weighted by Crippen LogP contribution is 2.29. The van der Waals surface area contributed by atoms with Gasteiger partial charge in [-0.3, -0.25) is 14.5 Å². The summed E-state index contributed by atoms with van der Waals surface area (Å²) in [6, 6.07) is 4.53. The minimum absolute atomic E-state index is 0.0453. The van der Waals surface area contributed by atoms with Crippen LogP contribution in [0.5, 0.6) is 0 Å². The maximum Gasteiger partial charge on any atom is 0.416 e. The molecule has 0 aliphatic carbocycles. The second kappa shape index (κ2) is 8.94. The average molecular weight is 397 g/mol. The van der Waals surface area contributed by atoms with Gasteiger partial charge in [-0.25, -0.2) is 0 Å². The van der Waals surface area contributed by atoms with Gasteiger partial charge in [0, 0.05) is 44.8 Å². The second-order valence-electron chi connectivity index (χ2n) is 7.44. The molecule has 0 spiro atoms. The molecule has 2 amide bonds. The molecule has 5 nitrogen and oxygen atoms in total. The standard InChI is InChI=1S/C20H26F3N3O2/c21-20(22,23)17-7-5-6-16(14-17)19(28)26-12-10-24(11-13-26)15-18(27)25-8-3-1-2-4-9-25/h5-7,14H,1-4,8-13,15H2. The van der Waals surface area contributed by atoms with E-state index in [4.69, 9.17) is 0 Å². The van der Waals surface area contributed by atoms with Gasteiger partial charge >= 0.3 is 6.18 Å². The predicted molar refractivity (Wildman–Crippen MR) is 98.8 cm³/mol. The summed E-state index contributed by atoms with van der Waals surface area (Å²) in [5, 5.41) is 0. The molecule has 2 aliphatic heterocycles. The number of benzene rings is 1. The molecule has 0 unspecified atom stereocenters. The minimum atomic E-state index is -4.47. The first kappa shape index (κ1) is 20.6. The van der Waals surface area contributed by atoms with Gasteiger partial charge in [-0.2, -0.15) is 13.2 Å². The molecule has 154 valence electrons. The summed E-state index contributed by atoms with van der Waals surface area (Å²) < 4.78 is 38.6. The quantitative estimate of drug-likeness (QED) is 0.788. The average Bonchev–Trinajstić information content (AvgIpc) is 2.97. The van der Waals surface area contributed by atoms with Crippen LogP contribution < -0.4 is 0 Å². The number of likely N-dealkylation sites (tertiary alicyclic amines) is 1. The summed E-state index contributed by atoms with van der Waals surface area (Å²) in [7, 11) is 0. The van der Waals surface area contributed by atoms with E-state index in [0.29, 0.717) is 32.7 Å². The molecule has 2 fully saturated rings. The van der Waals surface area contributed by atoms with E-state index >= 15 is 0 Å². The van der Waals surface area contributed by atoms with Crippen molar-refractivity contribution in [2.45, 2.75) is 31.9 Å². The number of alkyl halides is 3. The predicted octanol–water partition coefficient (Wildman–Crippen LogP) is 2.87. The van der Waals surface area contributed by atoms with E-state index in [9.17, 15) is 22.8 Å². The highest BCUT2D eigenvalue weighted by atomic mass is 19.4. The summed E-state index contributed by atoms with van der Waals surface area (Å²) in [6.45, 7) is 3.87. The van der Waals surface area contributed by atoms with Crippen LogP contribution >= 0.6 is 0 Å². The molecule has 0 radical (unpaired) electrons. The van der Waals surface area contributed by atoms with Crippen LogP contribution in [0, 0.1) is 0 Å². The van der Waals surface area contributed by atoms with Gasteiger partial charge < -0.3 is 9.80 Å². The van der Waals surface area contributed by atoms with Gasteiger partial charge in [0.05, 0.1) is 12.1 Å². The van der Waals surface area contributed by atoms with E-state index in [0.717, 1.165) is 38.1 Å². The zero-order chi connectivity index (χ0) is 20.1. The van der Waals surface area contributed by atoms with Crippen molar-refractivity contribution in [2.24, 2.45) is 0 Å². The van der Waals surface area contributed by atoms with Gasteiger partial charge in [0.25, 0.3) is 5.91 Å². The summed E-state index contributed by atoms with van der Waals surface area (Å²) in [5.74, 6) is -0.274. The molecule has 1 aromatic rings. The van der Waals surface area contributed by atoms with Crippen LogP contribution in [0.15, 0.2) is 24.3 Å². The fraction of sp³-hybridized carbons (Fsp3) is 0.600. The third-order valence-electron chi connectivity index (χ3n) is 5.41. The minimum Gasteiger partial charge on any atom is -0.342 e. The molecule has 0 saturated carbocycles. The number of halogens is 3. The first-order valence-corrected chi connectivity index (χ1v) is 9.81. The Balaban J connectivity index is 1.52. The Kier molecular flexibility index (Phi) is 6.59. The molecule has 2 aliphatic rings. The van der Waals surface area contributed by atoms with E-state index in [2.05, 4.69) is 0 Å². The summed E-state index contributed by atoms with van der Waals surface area (Å²) >= 11 is 0. The first-order valence-electron chi connectivity index (χ1n) is 9.81. The number of rotatable bonds is 3. The van der Waals surface area contributed by atoms with Gasteiger partial charge in [-0.1, -0.05) is 18.9 Å². The fourth-order valence-electron chi connectivity index (χ4n) is 3.73. The molecule has 1 aromatic carbocycles. The largest absolute Gasteiger partial charge is 0.416 e. The highest BCUT2D eigenvalue weighted by Gasteiger charge is 2.32. The maximum absolute atomic E-state index is 12.9. The lowest BCUT2D eigenvalue weighted by molar-refractivity contribution is -0.137. The molecule has 2 heterocycles. The molecule has 0 atom stereocenters. The molecular weight excluding hydrogens is 371 g/mol. The Morgan fingerprint density at radius 3 is 2.11 bits per heavy atom. The monoisotopic (exact) mass is 397 g/mol. The Bertz CT molecular complexity index is 692. The lowest BCUT2D eigenvalue weighted by Gasteiger charge is -2.35. The van der Waals surface area contributed by atoms with E-state index in [-0.39, 0.29) is 11.5 Å². The fourth-order valence-corrected chi connectivity index (χ4v) is 3.73. The van der Waals surface area contributed by atoms with Crippen LogP contribution in [0.1, 0.15) is 41.6 Å². The molecule has 0 N–H and O–H groups in total. The van der Waals surface area contributed by atoms with Crippen molar-refractivity contribution >= 4 is 11.8 Å². The molecule has 28 heavy (non-hydrogen) atoms. The van der Waals surface area contributed by atoms with Gasteiger partial charge in [0.2, 0.25) is 5.91 Å². The van der Waals surface area contributed by atoms with Crippen LogP contribution in [-0.4, -0.2) is 72.3 Å². The second-order valence-corrected chi connectivity index (χ2v) is 7.44. The maximum atomic E-state index is 12.9. The van der Waals surface area contributed by atoms with Crippen molar-refractivity contribution < 1.29 is 22.8 Å². The van der Waals surface area contributed by atoms with E-state index in [1.165, 1.54) is 25.0 Å². The van der Waals surface area contributed by atoms with E-state index < -0.39 is 17.6 Å². The van der Waals surface area contributed by atoms with Crippen molar-refractivity contribution in [3.8, 4) is 0 Å². The van der Waals surface area contributed by atoms with Crippen molar-refractivity contribution in [1.29, 1.82) is 0 Å². The van der Waals surface area contributed by atoms with Crippen LogP contribution in [0.4, 0.5) is 13.2 Å². The summed E-state index contributed by atoms with van der Waals surface area (Å²) in [4.78, 5) is 30.5. The van der Waals surface area contributed by atoms with Crippen molar-refractivity contribution in [1.82, 2.24) is 14.7 Å². The number of amides is 2. The Labute approximate surface area is 163 Å². The van der Waals surface area contributed by atoms with Gasteiger partial charge in [-0.05, 0) is 31.0 Å². The smallest absolute Gasteiger partial charge is 0.342 e. The SMILES string of the molecule is O=C(CN1CCN(C(=O)c2cccc(C(F)(F)F)c2)CC1)N1CCCCCC1. The van der Waals surface area contributed by atoms with Crippen molar-refractivity contribution in [3.05, 3.63) is 35.4 Å². The first-order chi connectivity index (χ1) is 13.3. The van der Waals surface area contributed by atoms with E-state index in [1.54, 1.807) is 4.90 Å². The number of piperazine rings is 1. The Hall–Kier alpha value is -2.09. The van der Waals surface area contributed by atoms with Gasteiger partial charge in [0.1, 0.15) is 0 Å². The topological polar surface area (TPSA) is 43.9 Å². The van der Waals surface area contributed by atoms with Gasteiger partial charge in [-0.15, -0.1) is 0 Å². The van der Waals surface area contributed by atoms with Crippen LogP contribution in [0.25, 0.3) is 0 Å². The molecule has 3 rings (SSSR count). The lowest BCUT2D eigenvalue weighted by atomic mass is 10.1. The molecule has 2 saturated heterocycles. The van der Waals surface area contributed by atoms with Crippen molar-refractivity contribution in [3.63, 3.8) is 0 Å². The van der Waals surface area contributed by atoms with Gasteiger partial charge in [0.15, 0.2) is 0 Å². The number of carbonyl (C=O) groups is 2. The highest BCUT2D eigenvalue weighted by molar-refractivity contribution is 5.94. The molecule has 0 aromatic heterocycles.